The van der Waals surface area contributed by atoms with Crippen LogP contribution in [0.3, 0.4) is 0 Å². The number of aliphatic hydroxyl groups excluding tert-OH is 1. The fraction of sp³-hybridized carbons (Fsp3) is 0.552. The highest BCUT2D eigenvalue weighted by molar-refractivity contribution is 5.85. The number of fused-ring (bicyclic) bond motifs is 1. The first-order valence-electron chi connectivity index (χ1n) is 13.7. The number of hydrogen-bond donors (Lipinski definition) is 2. The summed E-state index contributed by atoms with van der Waals surface area (Å²) in [5.41, 5.74) is 3.10. The molecule has 5 rings (SSSR count). The highest BCUT2D eigenvalue weighted by Crippen LogP contribution is 2.30. The van der Waals surface area contributed by atoms with Crippen molar-refractivity contribution in [1.82, 2.24) is 19.4 Å². The Bertz CT molecular complexity index is 1400. The molecular formula is C29H38FN5O4. The molecule has 2 fully saturated rings. The number of aromatic nitrogens is 3. The van der Waals surface area contributed by atoms with Crippen LogP contribution in [0.5, 0.6) is 0 Å². The number of halogens is 1. The van der Waals surface area contributed by atoms with Gasteiger partial charge in [0, 0.05) is 53.5 Å². The molecule has 4 atom stereocenters. The molecule has 0 radical (unpaired) electrons. The van der Waals surface area contributed by atoms with Crippen LogP contribution in [0, 0.1) is 12.7 Å². The highest BCUT2D eigenvalue weighted by atomic mass is 19.1. The van der Waals surface area contributed by atoms with Gasteiger partial charge < -0.3 is 24.5 Å². The van der Waals surface area contributed by atoms with Gasteiger partial charge in [-0.15, -0.1) is 0 Å². The molecule has 0 amide bonds. The second-order valence-corrected chi connectivity index (χ2v) is 11.1. The molecule has 2 N–H and O–H groups in total. The normalized spacial score (nSPS) is 24.4. The lowest BCUT2D eigenvalue weighted by molar-refractivity contribution is -0.0420. The highest BCUT2D eigenvalue weighted by Gasteiger charge is 2.29. The first kappa shape index (κ1) is 27.6. The minimum absolute atomic E-state index is 0.0176. The van der Waals surface area contributed by atoms with E-state index in [-0.39, 0.29) is 47.8 Å². The lowest BCUT2D eigenvalue weighted by Crippen LogP contribution is -2.49. The van der Waals surface area contributed by atoms with E-state index in [0.717, 1.165) is 23.0 Å². The summed E-state index contributed by atoms with van der Waals surface area (Å²) in [5, 5.41) is 14.0. The van der Waals surface area contributed by atoms with E-state index in [1.807, 2.05) is 13.0 Å². The number of hydrogen-bond acceptors (Lipinski definition) is 8. The van der Waals surface area contributed by atoms with Gasteiger partial charge in [0.1, 0.15) is 5.69 Å². The van der Waals surface area contributed by atoms with Gasteiger partial charge in [-0.2, -0.15) is 0 Å². The SMILES string of the molecule is Cc1c(CN2[C@@H](C)COC[C@@H]2C)n(C(C)C)c2cc(-c3nc(N[C@@H]4CCOC[C@H]4O)ncc3F)ccc2c1=O. The molecule has 0 unspecified atom stereocenters. The van der Waals surface area contributed by atoms with Crippen molar-refractivity contribution in [2.75, 3.05) is 31.7 Å². The number of anilines is 1. The maximum atomic E-state index is 15.1. The van der Waals surface area contributed by atoms with Gasteiger partial charge >= 0.3 is 0 Å². The topological polar surface area (TPSA) is 102 Å². The summed E-state index contributed by atoms with van der Waals surface area (Å²) in [4.78, 5) is 24.5. The molecule has 210 valence electrons. The van der Waals surface area contributed by atoms with Crippen LogP contribution in [0.15, 0.2) is 29.2 Å². The van der Waals surface area contributed by atoms with Crippen molar-refractivity contribution >= 4 is 16.9 Å². The smallest absolute Gasteiger partial charge is 0.223 e. The van der Waals surface area contributed by atoms with Crippen LogP contribution in [0.25, 0.3) is 22.2 Å². The summed E-state index contributed by atoms with van der Waals surface area (Å²) >= 11 is 0. The third-order valence-corrected chi connectivity index (χ3v) is 7.92. The summed E-state index contributed by atoms with van der Waals surface area (Å²) in [5.74, 6) is -0.326. The van der Waals surface area contributed by atoms with Crippen LogP contribution in [-0.4, -0.2) is 75.2 Å². The predicted molar refractivity (Wildman–Crippen MR) is 148 cm³/mol. The third kappa shape index (κ3) is 5.43. The molecule has 2 saturated heterocycles. The molecule has 3 aromatic rings. The van der Waals surface area contributed by atoms with Gasteiger partial charge in [0.2, 0.25) is 5.95 Å². The van der Waals surface area contributed by atoms with Crippen molar-refractivity contribution in [2.45, 2.75) is 77.9 Å². The molecule has 0 bridgehead atoms. The van der Waals surface area contributed by atoms with Crippen molar-refractivity contribution in [2.24, 2.45) is 0 Å². The summed E-state index contributed by atoms with van der Waals surface area (Å²) in [6.07, 6.45) is 1.03. The standard InChI is InChI=1S/C29H38FN5O4/c1-16(2)35-24-10-20(27-22(30)11-31-29(33-27)32-23-8-9-38-15-26(23)36)6-7-21(24)28(37)19(5)25(35)12-34-17(3)13-39-14-18(34)4/h6-7,10-11,16-18,23,26,36H,8-9,12-15H2,1-5H3,(H,31,32,33)/t17-,18-,23+,26+/m0/s1. The quantitative estimate of drug-likeness (QED) is 0.490. The minimum atomic E-state index is -0.699. The van der Waals surface area contributed by atoms with Gasteiger partial charge in [0.25, 0.3) is 0 Å². The zero-order valence-corrected chi connectivity index (χ0v) is 23.3. The van der Waals surface area contributed by atoms with E-state index >= 15 is 4.39 Å². The summed E-state index contributed by atoms with van der Waals surface area (Å²) in [6.45, 7) is 13.0. The number of rotatable bonds is 6. The largest absolute Gasteiger partial charge is 0.389 e. The number of nitrogens with one attached hydrogen (secondary N) is 1. The molecule has 9 nitrogen and oxygen atoms in total. The Labute approximate surface area is 228 Å². The number of pyridine rings is 1. The Morgan fingerprint density at radius 2 is 1.92 bits per heavy atom. The van der Waals surface area contributed by atoms with Crippen LogP contribution in [0.4, 0.5) is 10.3 Å². The summed E-state index contributed by atoms with van der Waals surface area (Å²) in [7, 11) is 0. The van der Waals surface area contributed by atoms with Crippen LogP contribution >= 0.6 is 0 Å². The lowest BCUT2D eigenvalue weighted by Gasteiger charge is -2.39. The molecule has 0 saturated carbocycles. The number of aliphatic hydroxyl groups is 1. The van der Waals surface area contributed by atoms with E-state index in [9.17, 15) is 9.90 Å². The Hall–Kier alpha value is -2.92. The van der Waals surface area contributed by atoms with Crippen molar-refractivity contribution in [3.05, 3.63) is 51.7 Å². The molecule has 2 aromatic heterocycles. The van der Waals surface area contributed by atoms with E-state index in [1.165, 1.54) is 0 Å². The van der Waals surface area contributed by atoms with Crippen molar-refractivity contribution in [3.63, 3.8) is 0 Å². The molecule has 2 aliphatic heterocycles. The van der Waals surface area contributed by atoms with Gasteiger partial charge in [-0.3, -0.25) is 9.69 Å². The molecule has 39 heavy (non-hydrogen) atoms. The van der Waals surface area contributed by atoms with E-state index in [1.54, 1.807) is 12.1 Å². The molecule has 10 heteroatoms. The second-order valence-electron chi connectivity index (χ2n) is 11.1. The Kier molecular flexibility index (Phi) is 8.00. The molecule has 4 heterocycles. The van der Waals surface area contributed by atoms with Crippen molar-refractivity contribution in [3.8, 4) is 11.3 Å². The maximum absolute atomic E-state index is 15.1. The predicted octanol–water partition coefficient (Wildman–Crippen LogP) is 3.66. The number of benzene rings is 1. The minimum Gasteiger partial charge on any atom is -0.389 e. The first-order valence-corrected chi connectivity index (χ1v) is 13.7. The second kappa shape index (κ2) is 11.3. The first-order chi connectivity index (χ1) is 18.7. The number of morpholine rings is 1. The molecule has 2 aliphatic rings. The lowest BCUT2D eigenvalue weighted by atomic mass is 10.0. The monoisotopic (exact) mass is 539 g/mol. The summed E-state index contributed by atoms with van der Waals surface area (Å²) in [6, 6.07) is 5.57. The fourth-order valence-electron chi connectivity index (χ4n) is 5.73. The fourth-order valence-corrected chi connectivity index (χ4v) is 5.73. The van der Waals surface area contributed by atoms with Gasteiger partial charge in [-0.1, -0.05) is 6.07 Å². The number of ether oxygens (including phenoxy) is 2. The zero-order chi connectivity index (χ0) is 27.8. The van der Waals surface area contributed by atoms with Crippen LogP contribution in [-0.2, 0) is 16.0 Å². The van der Waals surface area contributed by atoms with Crippen LogP contribution in [0.2, 0.25) is 0 Å². The van der Waals surface area contributed by atoms with Gasteiger partial charge in [-0.25, -0.2) is 14.4 Å². The van der Waals surface area contributed by atoms with Gasteiger partial charge in [0.05, 0.1) is 43.7 Å². The van der Waals surface area contributed by atoms with E-state index in [2.05, 4.69) is 52.4 Å². The molecule has 0 spiro atoms. The average Bonchev–Trinajstić information content (AvgIpc) is 2.91. The van der Waals surface area contributed by atoms with Gasteiger partial charge in [0.15, 0.2) is 11.2 Å². The van der Waals surface area contributed by atoms with E-state index in [4.69, 9.17) is 9.47 Å². The molecule has 1 aromatic carbocycles. The Morgan fingerprint density at radius 3 is 2.62 bits per heavy atom. The van der Waals surface area contributed by atoms with Crippen LogP contribution in [0.1, 0.15) is 51.4 Å². The van der Waals surface area contributed by atoms with Crippen molar-refractivity contribution in [1.29, 1.82) is 0 Å². The summed E-state index contributed by atoms with van der Waals surface area (Å²) < 4.78 is 28.3. The van der Waals surface area contributed by atoms with E-state index in [0.29, 0.717) is 43.7 Å². The Morgan fingerprint density at radius 1 is 1.18 bits per heavy atom. The molecule has 0 aliphatic carbocycles. The average molecular weight is 540 g/mol. The van der Waals surface area contributed by atoms with Crippen LogP contribution < -0.4 is 10.7 Å². The third-order valence-electron chi connectivity index (χ3n) is 7.92. The van der Waals surface area contributed by atoms with E-state index < -0.39 is 11.9 Å². The molecular weight excluding hydrogens is 501 g/mol. The zero-order valence-electron chi connectivity index (χ0n) is 23.3. The number of nitrogens with zero attached hydrogens (tertiary/aromatic N) is 4. The van der Waals surface area contributed by atoms with Gasteiger partial charge in [-0.05, 0) is 53.2 Å². The Balaban J connectivity index is 1.59. The maximum Gasteiger partial charge on any atom is 0.223 e. The van der Waals surface area contributed by atoms with Crippen molar-refractivity contribution < 1.29 is 19.0 Å².